The van der Waals surface area contributed by atoms with E-state index in [1.165, 1.54) is 0 Å². The molecule has 0 amide bonds. The molecular formula is C11H7BrN2O. The quantitative estimate of drug-likeness (QED) is 0.677. The van der Waals surface area contributed by atoms with Crippen LogP contribution in [0.5, 0.6) is 5.75 Å². The van der Waals surface area contributed by atoms with Gasteiger partial charge in [0.2, 0.25) is 0 Å². The van der Waals surface area contributed by atoms with Gasteiger partial charge in [0.05, 0.1) is 11.7 Å². The Morgan fingerprint density at radius 1 is 1.20 bits per heavy atom. The second-order valence-electron chi connectivity index (χ2n) is 3.35. The zero-order valence-corrected chi connectivity index (χ0v) is 9.27. The van der Waals surface area contributed by atoms with Gasteiger partial charge in [0, 0.05) is 5.39 Å². The number of nitrogens with zero attached hydrogens (tertiary/aromatic N) is 2. The summed E-state index contributed by atoms with van der Waals surface area (Å²) in [5.74, 6) is 0.276. The first-order chi connectivity index (χ1) is 7.25. The summed E-state index contributed by atoms with van der Waals surface area (Å²) in [6, 6.07) is 9.16. The second-order valence-corrected chi connectivity index (χ2v) is 4.16. The van der Waals surface area contributed by atoms with E-state index in [0.717, 1.165) is 21.2 Å². The van der Waals surface area contributed by atoms with Crippen LogP contribution in [0.2, 0.25) is 0 Å². The SMILES string of the molecule is Oc1ccc2c(ccc3ncc(Br)n32)c1. The first-order valence-electron chi connectivity index (χ1n) is 4.50. The van der Waals surface area contributed by atoms with Crippen LogP contribution >= 0.6 is 15.9 Å². The molecule has 1 N–H and O–H groups in total. The molecule has 0 unspecified atom stereocenters. The highest BCUT2D eigenvalue weighted by molar-refractivity contribution is 9.10. The number of phenols is 1. The normalized spacial score (nSPS) is 11.3. The fourth-order valence-electron chi connectivity index (χ4n) is 1.74. The Morgan fingerprint density at radius 2 is 2.07 bits per heavy atom. The molecule has 0 bridgehead atoms. The highest BCUT2D eigenvalue weighted by Crippen LogP contribution is 2.24. The summed E-state index contributed by atoms with van der Waals surface area (Å²) >= 11 is 3.44. The Kier molecular flexibility index (Phi) is 1.73. The highest BCUT2D eigenvalue weighted by Gasteiger charge is 2.04. The van der Waals surface area contributed by atoms with E-state index in [0.29, 0.717) is 0 Å². The lowest BCUT2D eigenvalue weighted by Crippen LogP contribution is -1.87. The van der Waals surface area contributed by atoms with Gasteiger partial charge in [-0.15, -0.1) is 0 Å². The maximum Gasteiger partial charge on any atom is 0.138 e. The van der Waals surface area contributed by atoms with E-state index in [1.54, 1.807) is 18.3 Å². The molecule has 0 spiro atoms. The predicted molar refractivity (Wildman–Crippen MR) is 62.1 cm³/mol. The van der Waals surface area contributed by atoms with E-state index in [9.17, 15) is 5.11 Å². The predicted octanol–water partition coefficient (Wildman–Crippen LogP) is 2.96. The van der Waals surface area contributed by atoms with Gasteiger partial charge in [0.1, 0.15) is 16.0 Å². The van der Waals surface area contributed by atoms with E-state index in [-0.39, 0.29) is 5.75 Å². The van der Waals surface area contributed by atoms with Crippen LogP contribution in [0.25, 0.3) is 16.6 Å². The molecule has 1 aromatic carbocycles. The van der Waals surface area contributed by atoms with Crippen molar-refractivity contribution < 1.29 is 5.11 Å². The summed E-state index contributed by atoms with van der Waals surface area (Å²) in [4.78, 5) is 4.24. The van der Waals surface area contributed by atoms with Gasteiger partial charge in [-0.05, 0) is 46.3 Å². The average Bonchev–Trinajstić information content (AvgIpc) is 2.60. The number of halogens is 1. The fraction of sp³-hybridized carbons (Fsp3) is 0. The van der Waals surface area contributed by atoms with Crippen LogP contribution < -0.4 is 0 Å². The maximum absolute atomic E-state index is 9.39. The molecule has 2 aromatic heterocycles. The van der Waals surface area contributed by atoms with Crippen LogP contribution in [0, 0.1) is 0 Å². The molecule has 0 radical (unpaired) electrons. The molecule has 0 atom stereocenters. The lowest BCUT2D eigenvalue weighted by Gasteiger charge is -2.03. The van der Waals surface area contributed by atoms with Gasteiger partial charge in [-0.2, -0.15) is 0 Å². The van der Waals surface area contributed by atoms with Crippen molar-refractivity contribution in [2.45, 2.75) is 0 Å². The third kappa shape index (κ3) is 1.22. The van der Waals surface area contributed by atoms with Gasteiger partial charge in [0.25, 0.3) is 0 Å². The largest absolute Gasteiger partial charge is 0.508 e. The van der Waals surface area contributed by atoms with Crippen molar-refractivity contribution in [1.29, 1.82) is 0 Å². The van der Waals surface area contributed by atoms with Crippen LogP contribution in [0.15, 0.2) is 41.1 Å². The number of aromatic nitrogens is 2. The first-order valence-corrected chi connectivity index (χ1v) is 5.30. The Morgan fingerprint density at radius 3 is 2.93 bits per heavy atom. The Hall–Kier alpha value is -1.55. The standard InChI is InChI=1S/C11H7BrN2O/c12-10-6-13-11-4-1-7-5-8(15)2-3-9(7)14(10)11/h1-6,15H. The van der Waals surface area contributed by atoms with Crippen molar-refractivity contribution in [1.82, 2.24) is 9.38 Å². The minimum absolute atomic E-state index is 0.276. The average molecular weight is 263 g/mol. The maximum atomic E-state index is 9.39. The van der Waals surface area contributed by atoms with E-state index in [2.05, 4.69) is 20.9 Å². The number of imidazole rings is 1. The summed E-state index contributed by atoms with van der Waals surface area (Å²) in [6.07, 6.45) is 1.77. The zero-order valence-electron chi connectivity index (χ0n) is 7.68. The number of aromatic hydroxyl groups is 1. The fourth-order valence-corrected chi connectivity index (χ4v) is 2.22. The van der Waals surface area contributed by atoms with Gasteiger partial charge in [0.15, 0.2) is 0 Å². The van der Waals surface area contributed by atoms with E-state index in [1.807, 2.05) is 22.6 Å². The topological polar surface area (TPSA) is 37.5 Å². The number of pyridine rings is 1. The minimum atomic E-state index is 0.276. The van der Waals surface area contributed by atoms with E-state index >= 15 is 0 Å². The van der Waals surface area contributed by atoms with E-state index < -0.39 is 0 Å². The number of phenolic OH excluding ortho intramolecular Hbond substituents is 1. The summed E-state index contributed by atoms with van der Waals surface area (Å²) in [6.45, 7) is 0. The Balaban J connectivity index is 2.58. The lowest BCUT2D eigenvalue weighted by molar-refractivity contribution is 0.476. The van der Waals surface area contributed by atoms with Gasteiger partial charge in [-0.25, -0.2) is 4.98 Å². The van der Waals surface area contributed by atoms with Crippen LogP contribution in [-0.2, 0) is 0 Å². The number of hydrogen-bond acceptors (Lipinski definition) is 2. The van der Waals surface area contributed by atoms with Crippen molar-refractivity contribution in [3.8, 4) is 5.75 Å². The van der Waals surface area contributed by atoms with Crippen molar-refractivity contribution in [2.24, 2.45) is 0 Å². The van der Waals surface area contributed by atoms with Gasteiger partial charge < -0.3 is 5.11 Å². The number of hydrogen-bond donors (Lipinski definition) is 1. The van der Waals surface area contributed by atoms with Crippen LogP contribution in [0.4, 0.5) is 0 Å². The van der Waals surface area contributed by atoms with Crippen molar-refractivity contribution in [3.05, 3.63) is 41.1 Å². The zero-order chi connectivity index (χ0) is 10.4. The van der Waals surface area contributed by atoms with Crippen LogP contribution in [0.3, 0.4) is 0 Å². The summed E-state index contributed by atoms with van der Waals surface area (Å²) in [7, 11) is 0. The molecule has 3 nitrogen and oxygen atoms in total. The Bertz CT molecular complexity index is 660. The number of benzene rings is 1. The smallest absolute Gasteiger partial charge is 0.138 e. The molecule has 3 rings (SSSR count). The molecule has 3 aromatic rings. The van der Waals surface area contributed by atoms with Crippen LogP contribution in [0.1, 0.15) is 0 Å². The summed E-state index contributed by atoms with van der Waals surface area (Å²) in [5.41, 5.74) is 1.91. The molecule has 15 heavy (non-hydrogen) atoms. The molecule has 0 aliphatic carbocycles. The Labute approximate surface area is 94.1 Å². The van der Waals surface area contributed by atoms with Crippen molar-refractivity contribution in [3.63, 3.8) is 0 Å². The molecule has 0 fully saturated rings. The minimum Gasteiger partial charge on any atom is -0.508 e. The molecule has 2 heterocycles. The van der Waals surface area contributed by atoms with Crippen LogP contribution in [-0.4, -0.2) is 14.5 Å². The molecule has 0 aliphatic heterocycles. The number of fused-ring (bicyclic) bond motifs is 3. The summed E-state index contributed by atoms with van der Waals surface area (Å²) < 4.78 is 2.91. The lowest BCUT2D eigenvalue weighted by atomic mass is 10.2. The second kappa shape index (κ2) is 2.97. The molecule has 0 saturated heterocycles. The monoisotopic (exact) mass is 262 g/mol. The molecular weight excluding hydrogens is 256 g/mol. The number of rotatable bonds is 0. The highest BCUT2D eigenvalue weighted by atomic mass is 79.9. The van der Waals surface area contributed by atoms with Gasteiger partial charge in [-0.1, -0.05) is 0 Å². The van der Waals surface area contributed by atoms with Gasteiger partial charge in [-0.3, -0.25) is 4.40 Å². The summed E-state index contributed by atoms with van der Waals surface area (Å²) in [5, 5.41) is 10.4. The van der Waals surface area contributed by atoms with Crippen molar-refractivity contribution in [2.75, 3.05) is 0 Å². The van der Waals surface area contributed by atoms with E-state index in [4.69, 9.17) is 0 Å². The first kappa shape index (κ1) is 8.73. The molecule has 4 heteroatoms. The molecule has 74 valence electrons. The third-order valence-electron chi connectivity index (χ3n) is 2.41. The molecule has 0 saturated carbocycles. The van der Waals surface area contributed by atoms with Crippen molar-refractivity contribution >= 4 is 32.5 Å². The molecule has 0 aliphatic rings. The third-order valence-corrected chi connectivity index (χ3v) is 2.97. The van der Waals surface area contributed by atoms with Gasteiger partial charge >= 0.3 is 0 Å².